The monoisotopic (exact) mass is 381 g/mol. The minimum Gasteiger partial charge on any atom is -0.380 e. The van der Waals surface area contributed by atoms with E-state index in [4.69, 9.17) is 4.74 Å². The average Bonchev–Trinajstić information content (AvgIpc) is 2.73. The van der Waals surface area contributed by atoms with E-state index in [1.165, 1.54) is 11.1 Å². The Bertz CT molecular complexity index is 728. The molecule has 28 heavy (non-hydrogen) atoms. The summed E-state index contributed by atoms with van der Waals surface area (Å²) in [5.74, 6) is 0. The minimum atomic E-state index is -0.0151. The summed E-state index contributed by atoms with van der Waals surface area (Å²) in [5, 5.41) is 3.06. The number of rotatable bonds is 8. The van der Waals surface area contributed by atoms with Crippen LogP contribution in [0.5, 0.6) is 0 Å². The summed E-state index contributed by atoms with van der Waals surface area (Å²) in [6.07, 6.45) is 1.92. The SMILES string of the molecule is CCCOCCN1CCN(C(=O)Nc2cccc(Cc3ccccc3)c2)CC1. The van der Waals surface area contributed by atoms with Crippen molar-refractivity contribution in [3.05, 3.63) is 65.7 Å². The van der Waals surface area contributed by atoms with Crippen LogP contribution in [0.3, 0.4) is 0 Å². The molecule has 1 saturated heterocycles. The van der Waals surface area contributed by atoms with Gasteiger partial charge in [0.15, 0.2) is 0 Å². The van der Waals surface area contributed by atoms with Gasteiger partial charge in [-0.2, -0.15) is 0 Å². The maximum atomic E-state index is 12.6. The van der Waals surface area contributed by atoms with E-state index in [0.717, 1.165) is 64.5 Å². The molecule has 150 valence electrons. The third-order valence-electron chi connectivity index (χ3n) is 4.99. The highest BCUT2D eigenvalue weighted by atomic mass is 16.5. The maximum absolute atomic E-state index is 12.6. The molecule has 1 heterocycles. The quantitative estimate of drug-likeness (QED) is 0.707. The fraction of sp³-hybridized carbons (Fsp3) is 0.435. The van der Waals surface area contributed by atoms with Gasteiger partial charge in [-0.15, -0.1) is 0 Å². The van der Waals surface area contributed by atoms with Crippen LogP contribution in [0.4, 0.5) is 10.5 Å². The van der Waals surface area contributed by atoms with Crippen LogP contribution < -0.4 is 5.32 Å². The Morgan fingerprint density at radius 1 is 0.964 bits per heavy atom. The van der Waals surface area contributed by atoms with Gasteiger partial charge in [-0.3, -0.25) is 4.90 Å². The summed E-state index contributed by atoms with van der Waals surface area (Å²) in [5.41, 5.74) is 3.32. The van der Waals surface area contributed by atoms with Gasteiger partial charge in [0, 0.05) is 45.0 Å². The number of ether oxygens (including phenoxy) is 1. The number of carbonyl (C=O) groups excluding carboxylic acids is 1. The highest BCUT2D eigenvalue weighted by Gasteiger charge is 2.20. The molecule has 0 bridgehead atoms. The smallest absolute Gasteiger partial charge is 0.321 e. The van der Waals surface area contributed by atoms with Crippen molar-refractivity contribution >= 4 is 11.7 Å². The molecule has 0 atom stereocenters. The van der Waals surface area contributed by atoms with E-state index in [0.29, 0.717) is 0 Å². The molecular formula is C23H31N3O2. The molecule has 5 heteroatoms. The van der Waals surface area contributed by atoms with Crippen molar-refractivity contribution in [3.63, 3.8) is 0 Å². The van der Waals surface area contributed by atoms with E-state index in [9.17, 15) is 4.79 Å². The summed E-state index contributed by atoms with van der Waals surface area (Å²) in [6.45, 7) is 7.96. The van der Waals surface area contributed by atoms with Gasteiger partial charge in [0.05, 0.1) is 6.61 Å². The van der Waals surface area contributed by atoms with Gasteiger partial charge in [0.25, 0.3) is 0 Å². The number of piperazine rings is 1. The molecular weight excluding hydrogens is 350 g/mol. The molecule has 5 nitrogen and oxygen atoms in total. The molecule has 3 rings (SSSR count). The van der Waals surface area contributed by atoms with Crippen molar-refractivity contribution < 1.29 is 9.53 Å². The van der Waals surface area contributed by atoms with Gasteiger partial charge in [0.1, 0.15) is 0 Å². The van der Waals surface area contributed by atoms with Crippen LogP contribution in [0.15, 0.2) is 54.6 Å². The van der Waals surface area contributed by atoms with E-state index < -0.39 is 0 Å². The molecule has 2 aromatic carbocycles. The zero-order valence-corrected chi connectivity index (χ0v) is 16.8. The van der Waals surface area contributed by atoms with Gasteiger partial charge in [-0.25, -0.2) is 4.79 Å². The second-order valence-corrected chi connectivity index (χ2v) is 7.23. The van der Waals surface area contributed by atoms with E-state index in [1.54, 1.807) is 0 Å². The zero-order valence-electron chi connectivity index (χ0n) is 16.8. The second kappa shape index (κ2) is 10.8. The lowest BCUT2D eigenvalue weighted by molar-refractivity contribution is 0.0841. The lowest BCUT2D eigenvalue weighted by Gasteiger charge is -2.34. The van der Waals surface area contributed by atoms with Crippen molar-refractivity contribution in [2.45, 2.75) is 19.8 Å². The average molecular weight is 382 g/mol. The Labute approximate surface area is 168 Å². The highest BCUT2D eigenvalue weighted by molar-refractivity contribution is 5.89. The van der Waals surface area contributed by atoms with E-state index >= 15 is 0 Å². The number of hydrogen-bond acceptors (Lipinski definition) is 3. The Hall–Kier alpha value is -2.37. The van der Waals surface area contributed by atoms with Crippen molar-refractivity contribution in [1.82, 2.24) is 9.80 Å². The van der Waals surface area contributed by atoms with Crippen molar-refractivity contribution in [3.8, 4) is 0 Å². The molecule has 0 saturated carbocycles. The van der Waals surface area contributed by atoms with Crippen molar-refractivity contribution in [1.29, 1.82) is 0 Å². The third kappa shape index (κ3) is 6.36. The van der Waals surface area contributed by atoms with Crippen LogP contribution in [0.25, 0.3) is 0 Å². The molecule has 0 unspecified atom stereocenters. The van der Waals surface area contributed by atoms with Crippen LogP contribution in [0.1, 0.15) is 24.5 Å². The van der Waals surface area contributed by atoms with Gasteiger partial charge in [-0.05, 0) is 36.1 Å². The summed E-state index contributed by atoms with van der Waals surface area (Å²) in [4.78, 5) is 16.9. The largest absolute Gasteiger partial charge is 0.380 e. The van der Waals surface area contributed by atoms with Gasteiger partial charge in [-0.1, -0.05) is 49.4 Å². The van der Waals surface area contributed by atoms with Crippen LogP contribution in [-0.4, -0.2) is 61.8 Å². The van der Waals surface area contributed by atoms with E-state index in [1.807, 2.05) is 23.1 Å². The Kier molecular flexibility index (Phi) is 7.88. The fourth-order valence-corrected chi connectivity index (χ4v) is 3.41. The third-order valence-corrected chi connectivity index (χ3v) is 4.99. The van der Waals surface area contributed by atoms with Crippen LogP contribution in [-0.2, 0) is 11.2 Å². The number of nitrogens with zero attached hydrogens (tertiary/aromatic N) is 2. The number of hydrogen-bond donors (Lipinski definition) is 1. The van der Waals surface area contributed by atoms with E-state index in [-0.39, 0.29) is 6.03 Å². The Balaban J connectivity index is 1.45. The second-order valence-electron chi connectivity index (χ2n) is 7.23. The van der Waals surface area contributed by atoms with Crippen LogP contribution in [0, 0.1) is 0 Å². The number of anilines is 1. The van der Waals surface area contributed by atoms with E-state index in [2.05, 4.69) is 53.5 Å². The molecule has 0 aliphatic carbocycles. The summed E-state index contributed by atoms with van der Waals surface area (Å²) in [7, 11) is 0. The first-order valence-electron chi connectivity index (χ1n) is 10.2. The van der Waals surface area contributed by atoms with Crippen molar-refractivity contribution in [2.24, 2.45) is 0 Å². The molecule has 1 aliphatic heterocycles. The zero-order chi connectivity index (χ0) is 19.6. The number of benzene rings is 2. The first-order chi connectivity index (χ1) is 13.7. The maximum Gasteiger partial charge on any atom is 0.321 e. The summed E-state index contributed by atoms with van der Waals surface area (Å²) >= 11 is 0. The van der Waals surface area contributed by atoms with Crippen LogP contribution >= 0.6 is 0 Å². The molecule has 2 amide bonds. The number of urea groups is 1. The molecule has 2 aromatic rings. The Morgan fingerprint density at radius 3 is 2.46 bits per heavy atom. The predicted molar refractivity (Wildman–Crippen MR) is 114 cm³/mol. The summed E-state index contributed by atoms with van der Waals surface area (Å²) in [6, 6.07) is 18.5. The van der Waals surface area contributed by atoms with Crippen molar-refractivity contribution in [2.75, 3.05) is 51.3 Å². The molecule has 1 aliphatic rings. The minimum absolute atomic E-state index is 0.0151. The predicted octanol–water partition coefficient (Wildman–Crippen LogP) is 3.85. The Morgan fingerprint density at radius 2 is 1.71 bits per heavy atom. The fourth-order valence-electron chi connectivity index (χ4n) is 3.41. The number of amides is 2. The van der Waals surface area contributed by atoms with Gasteiger partial charge < -0.3 is 15.0 Å². The molecule has 1 N–H and O–H groups in total. The summed E-state index contributed by atoms with van der Waals surface area (Å²) < 4.78 is 5.56. The topological polar surface area (TPSA) is 44.8 Å². The molecule has 0 spiro atoms. The first kappa shape index (κ1) is 20.4. The highest BCUT2D eigenvalue weighted by Crippen LogP contribution is 2.15. The number of nitrogens with one attached hydrogen (secondary N) is 1. The molecule has 0 aromatic heterocycles. The number of carbonyl (C=O) groups is 1. The standard InChI is InChI=1S/C23H31N3O2/c1-2-16-28-17-15-25-11-13-26(14-12-25)23(27)24-22-10-6-9-21(19-22)18-20-7-4-3-5-8-20/h3-10,19H,2,11-18H2,1H3,(H,24,27). The molecule has 0 radical (unpaired) electrons. The first-order valence-corrected chi connectivity index (χ1v) is 10.2. The normalized spacial score (nSPS) is 14.8. The lowest BCUT2D eigenvalue weighted by atomic mass is 10.0. The van der Waals surface area contributed by atoms with Gasteiger partial charge >= 0.3 is 6.03 Å². The van der Waals surface area contributed by atoms with Crippen LogP contribution in [0.2, 0.25) is 0 Å². The lowest BCUT2D eigenvalue weighted by Crippen LogP contribution is -2.50. The van der Waals surface area contributed by atoms with Gasteiger partial charge in [0.2, 0.25) is 0 Å². The molecule has 1 fully saturated rings.